The fraction of sp³-hybridized carbons (Fsp3) is 0.412. The third-order valence-corrected chi connectivity index (χ3v) is 3.69. The molecule has 3 rings (SSSR count). The molecule has 1 aliphatic rings. The maximum atomic E-state index is 12.8. The van der Waals surface area contributed by atoms with Crippen molar-refractivity contribution in [3.63, 3.8) is 0 Å². The summed E-state index contributed by atoms with van der Waals surface area (Å²) in [6.45, 7) is 1.63. The minimum absolute atomic E-state index is 0.186. The molecule has 0 spiro atoms. The first-order valence-electron chi connectivity index (χ1n) is 7.92. The Morgan fingerprint density at radius 1 is 1.27 bits per heavy atom. The number of aliphatic carboxylic acids is 1. The smallest absolute Gasteiger partial charge is 0.475 e. The summed E-state index contributed by atoms with van der Waals surface area (Å²) in [7, 11) is 2.06. The number of H-pyrrole nitrogens is 1. The van der Waals surface area contributed by atoms with Crippen LogP contribution in [0.15, 0.2) is 30.3 Å². The van der Waals surface area contributed by atoms with Gasteiger partial charge in [-0.1, -0.05) is 12.1 Å². The number of hydrogen-bond acceptors (Lipinski definition) is 3. The van der Waals surface area contributed by atoms with E-state index in [0.29, 0.717) is 5.92 Å². The van der Waals surface area contributed by atoms with E-state index in [0.717, 1.165) is 24.3 Å². The van der Waals surface area contributed by atoms with Gasteiger partial charge < -0.3 is 5.11 Å². The van der Waals surface area contributed by atoms with E-state index < -0.39 is 12.1 Å². The van der Waals surface area contributed by atoms with E-state index in [9.17, 15) is 17.6 Å². The Balaban J connectivity index is 0.000000298. The third kappa shape index (κ3) is 6.47. The van der Waals surface area contributed by atoms with E-state index in [1.165, 1.54) is 30.7 Å². The Morgan fingerprint density at radius 2 is 1.85 bits per heavy atom. The average molecular weight is 373 g/mol. The zero-order chi connectivity index (χ0) is 19.3. The van der Waals surface area contributed by atoms with Crippen molar-refractivity contribution in [2.45, 2.75) is 38.0 Å². The van der Waals surface area contributed by atoms with Crippen molar-refractivity contribution in [2.75, 3.05) is 7.05 Å². The molecule has 1 fully saturated rings. The second-order valence-corrected chi connectivity index (χ2v) is 6.19. The third-order valence-electron chi connectivity index (χ3n) is 3.69. The SMILES string of the molecule is CN(Cc1ccc(F)cc1)Cc1cc(C2CC2)n[nH]1.O=C(O)C(F)(F)F. The van der Waals surface area contributed by atoms with Crippen LogP contribution in [0, 0.1) is 5.82 Å². The first-order chi connectivity index (χ1) is 12.1. The van der Waals surface area contributed by atoms with Gasteiger partial charge in [0.15, 0.2) is 0 Å². The average Bonchev–Trinajstić information content (AvgIpc) is 3.30. The number of nitrogens with zero attached hydrogens (tertiary/aromatic N) is 2. The van der Waals surface area contributed by atoms with E-state index >= 15 is 0 Å². The molecule has 9 heteroatoms. The zero-order valence-corrected chi connectivity index (χ0v) is 14.1. The van der Waals surface area contributed by atoms with Gasteiger partial charge in [0.2, 0.25) is 0 Å². The lowest BCUT2D eigenvalue weighted by atomic mass is 10.2. The van der Waals surface area contributed by atoms with Crippen LogP contribution in [0.3, 0.4) is 0 Å². The molecule has 1 aromatic heterocycles. The zero-order valence-electron chi connectivity index (χ0n) is 14.1. The molecule has 2 aromatic rings. The highest BCUT2D eigenvalue weighted by Crippen LogP contribution is 2.39. The topological polar surface area (TPSA) is 69.2 Å². The van der Waals surface area contributed by atoms with Gasteiger partial charge in [-0.05, 0) is 43.7 Å². The number of alkyl halides is 3. The van der Waals surface area contributed by atoms with Crippen molar-refractivity contribution in [1.29, 1.82) is 0 Å². The van der Waals surface area contributed by atoms with E-state index in [4.69, 9.17) is 9.90 Å². The van der Waals surface area contributed by atoms with E-state index in [2.05, 4.69) is 28.2 Å². The fourth-order valence-corrected chi connectivity index (χ4v) is 2.30. The predicted molar refractivity (Wildman–Crippen MR) is 85.8 cm³/mol. The molecule has 0 amide bonds. The van der Waals surface area contributed by atoms with Gasteiger partial charge in [-0.25, -0.2) is 9.18 Å². The summed E-state index contributed by atoms with van der Waals surface area (Å²) >= 11 is 0. The van der Waals surface area contributed by atoms with Gasteiger partial charge in [-0.3, -0.25) is 10.00 Å². The van der Waals surface area contributed by atoms with E-state index in [1.54, 1.807) is 0 Å². The van der Waals surface area contributed by atoms with Gasteiger partial charge >= 0.3 is 12.1 Å². The van der Waals surface area contributed by atoms with Gasteiger partial charge in [0.1, 0.15) is 5.82 Å². The summed E-state index contributed by atoms with van der Waals surface area (Å²) in [5.74, 6) is -2.26. The Bertz CT molecular complexity index is 724. The summed E-state index contributed by atoms with van der Waals surface area (Å²) in [5.41, 5.74) is 3.46. The molecule has 1 aliphatic carbocycles. The lowest BCUT2D eigenvalue weighted by Crippen LogP contribution is -2.21. The van der Waals surface area contributed by atoms with Gasteiger partial charge in [0.25, 0.3) is 0 Å². The number of benzene rings is 1. The van der Waals surface area contributed by atoms with Crippen LogP contribution in [0.2, 0.25) is 0 Å². The van der Waals surface area contributed by atoms with Crippen LogP contribution in [0.5, 0.6) is 0 Å². The highest BCUT2D eigenvalue weighted by atomic mass is 19.4. The largest absolute Gasteiger partial charge is 0.490 e. The van der Waals surface area contributed by atoms with Gasteiger partial charge in [-0.2, -0.15) is 18.3 Å². The molecule has 26 heavy (non-hydrogen) atoms. The van der Waals surface area contributed by atoms with Crippen molar-refractivity contribution in [3.05, 3.63) is 53.1 Å². The van der Waals surface area contributed by atoms with Crippen LogP contribution in [0.4, 0.5) is 17.6 Å². The molecule has 0 radical (unpaired) electrons. The summed E-state index contributed by atoms with van der Waals surface area (Å²) in [6.07, 6.45) is -2.54. The Labute approximate surface area is 147 Å². The van der Waals surface area contributed by atoms with Crippen LogP contribution in [-0.4, -0.2) is 39.4 Å². The molecule has 1 aromatic carbocycles. The molecule has 0 aliphatic heterocycles. The lowest BCUT2D eigenvalue weighted by molar-refractivity contribution is -0.192. The molecular weight excluding hydrogens is 354 g/mol. The first kappa shape index (κ1) is 19.9. The summed E-state index contributed by atoms with van der Waals surface area (Å²) in [6, 6.07) is 8.83. The van der Waals surface area contributed by atoms with Crippen LogP contribution in [0.25, 0.3) is 0 Å². The Morgan fingerprint density at radius 3 is 2.35 bits per heavy atom. The number of aromatic nitrogens is 2. The van der Waals surface area contributed by atoms with Gasteiger partial charge in [-0.15, -0.1) is 0 Å². The number of halogens is 4. The van der Waals surface area contributed by atoms with Crippen LogP contribution in [-0.2, 0) is 17.9 Å². The minimum atomic E-state index is -5.08. The lowest BCUT2D eigenvalue weighted by Gasteiger charge is -2.15. The molecule has 142 valence electrons. The van der Waals surface area contributed by atoms with Crippen LogP contribution >= 0.6 is 0 Å². The van der Waals surface area contributed by atoms with Crippen molar-refractivity contribution in [3.8, 4) is 0 Å². The Hall–Kier alpha value is -2.42. The number of aromatic amines is 1. The number of hydrogen-bond donors (Lipinski definition) is 2. The molecule has 2 N–H and O–H groups in total. The molecule has 0 saturated heterocycles. The molecule has 1 saturated carbocycles. The number of carbonyl (C=O) groups is 1. The number of rotatable bonds is 5. The predicted octanol–water partition coefficient (Wildman–Crippen LogP) is 3.69. The van der Waals surface area contributed by atoms with E-state index in [1.807, 2.05) is 12.1 Å². The molecule has 1 heterocycles. The molecular formula is C17H19F4N3O2. The minimum Gasteiger partial charge on any atom is -0.475 e. The monoisotopic (exact) mass is 373 g/mol. The fourth-order valence-electron chi connectivity index (χ4n) is 2.30. The highest BCUT2D eigenvalue weighted by molar-refractivity contribution is 5.73. The highest BCUT2D eigenvalue weighted by Gasteiger charge is 2.38. The standard InChI is InChI=1S/C15H18FN3.C2HF3O2/c1-19(9-11-2-6-13(16)7-3-11)10-14-8-15(18-17-14)12-4-5-12;3-2(4,5)1(6)7/h2-3,6-8,12H,4-5,9-10H2,1H3,(H,17,18);(H,6,7). The van der Waals surface area contributed by atoms with E-state index in [-0.39, 0.29) is 5.82 Å². The molecule has 0 bridgehead atoms. The molecule has 0 atom stereocenters. The quantitative estimate of drug-likeness (QED) is 0.785. The maximum absolute atomic E-state index is 12.8. The van der Waals surface area contributed by atoms with Crippen molar-refractivity contribution in [2.24, 2.45) is 0 Å². The van der Waals surface area contributed by atoms with Gasteiger partial charge in [0.05, 0.1) is 5.69 Å². The van der Waals surface area contributed by atoms with Crippen LogP contribution < -0.4 is 0 Å². The summed E-state index contributed by atoms with van der Waals surface area (Å²) < 4.78 is 44.6. The maximum Gasteiger partial charge on any atom is 0.490 e. The van der Waals surface area contributed by atoms with Crippen molar-refractivity contribution >= 4 is 5.97 Å². The Kier molecular flexibility index (Phi) is 6.36. The summed E-state index contributed by atoms with van der Waals surface area (Å²) in [4.78, 5) is 11.1. The van der Waals surface area contributed by atoms with Gasteiger partial charge in [0, 0.05) is 24.7 Å². The molecule has 5 nitrogen and oxygen atoms in total. The molecule has 0 unspecified atom stereocenters. The number of nitrogens with one attached hydrogen (secondary N) is 1. The number of carboxylic acids is 1. The normalized spacial score (nSPS) is 14.1. The van der Waals surface area contributed by atoms with Crippen molar-refractivity contribution in [1.82, 2.24) is 15.1 Å². The van der Waals surface area contributed by atoms with Crippen molar-refractivity contribution < 1.29 is 27.5 Å². The first-order valence-corrected chi connectivity index (χ1v) is 7.92. The van der Waals surface area contributed by atoms with Crippen LogP contribution in [0.1, 0.15) is 35.7 Å². The number of carboxylic acid groups (broad SMARTS) is 1. The second kappa shape index (κ2) is 8.31. The second-order valence-electron chi connectivity index (χ2n) is 6.19. The summed E-state index contributed by atoms with van der Waals surface area (Å²) in [5, 5.41) is 14.6.